The molecule has 6 nitrogen and oxygen atoms in total. The predicted molar refractivity (Wildman–Crippen MR) is 122 cm³/mol. The average Bonchev–Trinajstić information content (AvgIpc) is 2.65. The summed E-state index contributed by atoms with van der Waals surface area (Å²) in [6.45, 7) is 6.98. The molecule has 0 saturated carbocycles. The molecule has 0 spiro atoms. The molecule has 2 rings (SSSR count). The fourth-order valence-electron chi connectivity index (χ4n) is 2.65. The molecule has 1 aromatic carbocycles. The van der Waals surface area contributed by atoms with E-state index in [4.69, 9.17) is 28.5 Å². The maximum Gasteiger partial charge on any atom is 0.121 e. The number of hydrogen-bond acceptors (Lipinski definition) is 6. The van der Waals surface area contributed by atoms with Gasteiger partial charge in [0.15, 0.2) is 0 Å². The fourth-order valence-corrected chi connectivity index (χ4v) is 2.76. The summed E-state index contributed by atoms with van der Waals surface area (Å²) in [5.41, 5.74) is 15.2. The van der Waals surface area contributed by atoms with Gasteiger partial charge in [-0.05, 0) is 29.7 Å². The Bertz CT molecular complexity index is 1090. The topological polar surface area (TPSA) is 124 Å². The Morgan fingerprint density at radius 1 is 1.34 bits per heavy atom. The van der Waals surface area contributed by atoms with Gasteiger partial charge in [-0.15, -0.1) is 0 Å². The quantitative estimate of drug-likeness (QED) is 0.450. The van der Waals surface area contributed by atoms with Crippen molar-refractivity contribution in [1.29, 1.82) is 10.7 Å². The van der Waals surface area contributed by atoms with Gasteiger partial charge in [-0.3, -0.25) is 10.4 Å². The molecule has 0 fully saturated rings. The first-order valence-electron chi connectivity index (χ1n) is 9.02. The first-order valence-corrected chi connectivity index (χ1v) is 9.39. The second-order valence-corrected chi connectivity index (χ2v) is 8.17. The van der Waals surface area contributed by atoms with Gasteiger partial charge < -0.3 is 16.8 Å². The molecule has 7 heteroatoms. The normalized spacial score (nSPS) is 17.5. The van der Waals surface area contributed by atoms with Crippen LogP contribution >= 0.6 is 11.6 Å². The van der Waals surface area contributed by atoms with E-state index >= 15 is 0 Å². The molecular formula is C22H25ClN6. The Hall–Kier alpha value is -3.30. The monoisotopic (exact) mass is 408 g/mol. The second kappa shape index (κ2) is 9.26. The lowest BCUT2D eigenvalue weighted by atomic mass is 9.96. The highest BCUT2D eigenvalue weighted by atomic mass is 35.5. The molecule has 1 aliphatic rings. The van der Waals surface area contributed by atoms with E-state index in [9.17, 15) is 5.26 Å². The minimum absolute atomic E-state index is 0.0623. The Balaban J connectivity index is 2.60. The van der Waals surface area contributed by atoms with E-state index < -0.39 is 0 Å². The Morgan fingerprint density at radius 3 is 2.62 bits per heavy atom. The van der Waals surface area contributed by atoms with Crippen LogP contribution in [0.25, 0.3) is 11.8 Å². The molecular weight excluding hydrogens is 384 g/mol. The molecule has 0 bridgehead atoms. The molecule has 0 atom stereocenters. The van der Waals surface area contributed by atoms with Crippen LogP contribution in [0.5, 0.6) is 0 Å². The van der Waals surface area contributed by atoms with Crippen molar-refractivity contribution >= 4 is 40.4 Å². The van der Waals surface area contributed by atoms with E-state index in [1.54, 1.807) is 24.4 Å². The summed E-state index contributed by atoms with van der Waals surface area (Å²) in [6, 6.07) is 7.50. The van der Waals surface area contributed by atoms with Crippen LogP contribution in [0.4, 0.5) is 5.69 Å². The Labute approximate surface area is 175 Å². The first-order chi connectivity index (χ1) is 13.6. The highest BCUT2D eigenvalue weighted by Crippen LogP contribution is 2.22. The number of nitrogens with two attached hydrogens (primary N) is 2. The zero-order valence-corrected chi connectivity index (χ0v) is 17.5. The maximum atomic E-state index is 9.31. The third-order valence-electron chi connectivity index (χ3n) is 4.01. The van der Waals surface area contributed by atoms with Gasteiger partial charge in [0, 0.05) is 46.2 Å². The summed E-state index contributed by atoms with van der Waals surface area (Å²) in [7, 11) is 0. The van der Waals surface area contributed by atoms with Gasteiger partial charge >= 0.3 is 0 Å². The zero-order chi connectivity index (χ0) is 21.6. The van der Waals surface area contributed by atoms with E-state index in [0.29, 0.717) is 28.8 Å². The summed E-state index contributed by atoms with van der Waals surface area (Å²) in [4.78, 5) is 4.51. The van der Waals surface area contributed by atoms with Crippen LogP contribution in [0.1, 0.15) is 20.8 Å². The number of nitrogen functional groups attached to an aromatic ring is 1. The van der Waals surface area contributed by atoms with Crippen LogP contribution in [0.2, 0.25) is 0 Å². The molecule has 0 unspecified atom stereocenters. The lowest BCUT2D eigenvalue weighted by molar-refractivity contribution is 0.430. The maximum absolute atomic E-state index is 9.31. The molecule has 6 N–H and O–H groups in total. The number of rotatable bonds is 4. The molecule has 1 heterocycles. The van der Waals surface area contributed by atoms with Crippen molar-refractivity contribution < 1.29 is 0 Å². The van der Waals surface area contributed by atoms with Gasteiger partial charge in [-0.25, -0.2) is 0 Å². The number of anilines is 1. The smallest absolute Gasteiger partial charge is 0.121 e. The van der Waals surface area contributed by atoms with Crippen molar-refractivity contribution in [2.75, 3.05) is 12.3 Å². The Morgan fingerprint density at radius 2 is 2.07 bits per heavy atom. The third kappa shape index (κ3) is 6.09. The minimum atomic E-state index is -0.105. The van der Waals surface area contributed by atoms with Gasteiger partial charge in [-0.2, -0.15) is 5.26 Å². The summed E-state index contributed by atoms with van der Waals surface area (Å²) in [6.07, 6.45) is 8.23. The van der Waals surface area contributed by atoms with Crippen LogP contribution < -0.4 is 27.2 Å². The fraction of sp³-hybridized carbons (Fsp3) is 0.227. The van der Waals surface area contributed by atoms with Gasteiger partial charge in [-0.1, -0.05) is 44.5 Å². The van der Waals surface area contributed by atoms with Gasteiger partial charge in [0.2, 0.25) is 0 Å². The molecule has 0 aliphatic carbocycles. The minimum Gasteiger partial charge on any atom is -0.404 e. The van der Waals surface area contributed by atoms with Gasteiger partial charge in [0.05, 0.1) is 5.70 Å². The van der Waals surface area contributed by atoms with Crippen molar-refractivity contribution in [3.63, 3.8) is 0 Å². The molecule has 1 aromatic rings. The van der Waals surface area contributed by atoms with Crippen molar-refractivity contribution in [3.8, 4) is 6.07 Å². The van der Waals surface area contributed by atoms with Crippen molar-refractivity contribution in [2.24, 2.45) is 16.1 Å². The largest absolute Gasteiger partial charge is 0.404 e. The van der Waals surface area contributed by atoms with Crippen LogP contribution in [0.15, 0.2) is 58.4 Å². The number of nitriles is 1. The van der Waals surface area contributed by atoms with Crippen molar-refractivity contribution in [1.82, 2.24) is 5.32 Å². The summed E-state index contributed by atoms with van der Waals surface area (Å²) in [5.74, 6) is 0. The average molecular weight is 409 g/mol. The lowest BCUT2D eigenvalue weighted by Crippen LogP contribution is -2.26. The van der Waals surface area contributed by atoms with E-state index in [2.05, 4.69) is 37.1 Å². The Kier molecular flexibility index (Phi) is 7.03. The number of hydrogen-bond donors (Lipinski definition) is 4. The molecule has 0 amide bonds. The lowest BCUT2D eigenvalue weighted by Gasteiger charge is -2.19. The molecule has 0 radical (unpaired) electrons. The van der Waals surface area contributed by atoms with Crippen molar-refractivity contribution in [3.05, 3.63) is 63.8 Å². The molecule has 1 aliphatic heterocycles. The van der Waals surface area contributed by atoms with E-state index in [1.165, 1.54) is 12.3 Å². The molecule has 0 aromatic heterocycles. The van der Waals surface area contributed by atoms with Crippen LogP contribution in [0.3, 0.4) is 0 Å². The molecule has 150 valence electrons. The number of benzene rings is 1. The number of dihydropyridines is 1. The number of nitrogens with one attached hydrogen (secondary N) is 2. The standard InChI is InChI=1S/C22H25ClN6/c1-22(2,3)13-28-12-16(10-24)18-7-6-17(11-25)29-21(18)15-5-4-14(9-20(23)27)19(26)8-15/h4-10,12,27,29H,13,24,26H2,1-3H3/b14-9-,16-10+,21-15+,27-20?,28-12?. The summed E-state index contributed by atoms with van der Waals surface area (Å²) >= 11 is 5.64. The highest BCUT2D eigenvalue weighted by Gasteiger charge is 2.16. The van der Waals surface area contributed by atoms with Gasteiger partial charge in [0.1, 0.15) is 16.9 Å². The van der Waals surface area contributed by atoms with Crippen LogP contribution in [0, 0.1) is 22.2 Å². The van der Waals surface area contributed by atoms with Crippen LogP contribution in [-0.4, -0.2) is 17.9 Å². The number of aliphatic imine (C=N–C) groups is 1. The highest BCUT2D eigenvalue weighted by molar-refractivity contribution is 6.72. The van der Waals surface area contributed by atoms with E-state index in [1.807, 2.05) is 12.1 Å². The summed E-state index contributed by atoms with van der Waals surface area (Å²) in [5, 5.41) is 21.2. The predicted octanol–water partition coefficient (Wildman–Crippen LogP) is 2.27. The van der Waals surface area contributed by atoms with E-state index in [-0.39, 0.29) is 10.6 Å². The number of allylic oxidation sites excluding steroid dienone is 3. The first kappa shape index (κ1) is 22.0. The summed E-state index contributed by atoms with van der Waals surface area (Å²) < 4.78 is 0. The number of nitrogens with zero attached hydrogens (tertiary/aromatic N) is 2. The van der Waals surface area contributed by atoms with E-state index in [0.717, 1.165) is 16.4 Å². The number of halogens is 1. The second-order valence-electron chi connectivity index (χ2n) is 7.76. The van der Waals surface area contributed by atoms with Crippen LogP contribution in [-0.2, 0) is 0 Å². The zero-order valence-electron chi connectivity index (χ0n) is 16.8. The van der Waals surface area contributed by atoms with Gasteiger partial charge in [0.25, 0.3) is 0 Å². The SMILES string of the molecule is CC(C)(C)CN=C/C(=C\N)C1=CC=C(C#N)N/C1=c1\cc/c(=C/C(=N)Cl)c(N)c1. The third-order valence-corrected chi connectivity index (χ3v) is 4.12. The molecule has 29 heavy (non-hydrogen) atoms. The molecule has 0 saturated heterocycles. The van der Waals surface area contributed by atoms with Crippen molar-refractivity contribution in [2.45, 2.75) is 20.8 Å².